The van der Waals surface area contributed by atoms with Crippen LogP contribution in [0.4, 0.5) is 0 Å². The Kier molecular flexibility index (Phi) is 11.7. The normalized spacial score (nSPS) is 20.2. The summed E-state index contributed by atoms with van der Waals surface area (Å²) in [6, 6.07) is -0.477. The average molecular weight is 489 g/mol. The zero-order valence-electron chi connectivity index (χ0n) is 20.7. The maximum absolute atomic E-state index is 13.3. The van der Waals surface area contributed by atoms with Crippen LogP contribution in [0.25, 0.3) is 0 Å². The highest BCUT2D eigenvalue weighted by molar-refractivity contribution is 7.99. The number of amides is 1. The predicted molar refractivity (Wildman–Crippen MR) is 132 cm³/mol. The van der Waals surface area contributed by atoms with Crippen molar-refractivity contribution >= 4 is 36.4 Å². The Balaban J connectivity index is 0.00000512. The Bertz CT molecular complexity index is 712. The smallest absolute Gasteiger partial charge is 0.286 e. The number of thioether (sulfide) groups is 1. The quantitative estimate of drug-likeness (QED) is 0.251. The highest BCUT2D eigenvalue weighted by Gasteiger charge is 2.38. The Morgan fingerprint density at radius 2 is 1.81 bits per heavy atom. The van der Waals surface area contributed by atoms with E-state index in [1.807, 2.05) is 14.1 Å². The van der Waals surface area contributed by atoms with Gasteiger partial charge in [-0.2, -0.15) is 0 Å². The first-order valence-electron chi connectivity index (χ1n) is 11.4. The zero-order valence-corrected chi connectivity index (χ0v) is 22.3. The number of carbonyl (C=O) groups excluding carboxylic acids is 2. The third kappa shape index (κ3) is 8.34. The first-order chi connectivity index (χ1) is 14.5. The van der Waals surface area contributed by atoms with Crippen molar-refractivity contribution in [2.45, 2.75) is 84.0 Å². The summed E-state index contributed by atoms with van der Waals surface area (Å²) >= 11 is 1.44. The summed E-state index contributed by atoms with van der Waals surface area (Å²) in [6.07, 6.45) is 5.46. The molecule has 0 aromatic carbocycles. The van der Waals surface area contributed by atoms with Crippen LogP contribution in [0, 0.1) is 17.3 Å². The van der Waals surface area contributed by atoms with Gasteiger partial charge in [0.2, 0.25) is 12.2 Å². The molecule has 0 bridgehead atoms. The number of Topliss-reactive ketones (excluding diaryl/α,β-unsaturated/α-hetero) is 1. The van der Waals surface area contributed by atoms with E-state index < -0.39 is 6.04 Å². The second-order valence-electron chi connectivity index (χ2n) is 10.5. The fourth-order valence-corrected chi connectivity index (χ4v) is 5.16. The zero-order chi connectivity index (χ0) is 23.2. The molecule has 184 valence electrons. The fraction of sp³-hybridized carbons (Fsp3) is 0.826. The lowest BCUT2D eigenvalue weighted by molar-refractivity contribution is -0.123. The highest BCUT2D eigenvalue weighted by atomic mass is 35.5. The Hall–Kier alpha value is -1.12. The van der Waals surface area contributed by atoms with Gasteiger partial charge < -0.3 is 14.2 Å². The summed E-state index contributed by atoms with van der Waals surface area (Å²) < 4.78 is 5.66. The molecule has 1 aliphatic rings. The second kappa shape index (κ2) is 12.9. The molecule has 1 aliphatic carbocycles. The molecular formula is C23H41ClN4O3S. The van der Waals surface area contributed by atoms with Gasteiger partial charge in [0.05, 0.1) is 0 Å². The van der Waals surface area contributed by atoms with Crippen molar-refractivity contribution in [3.63, 3.8) is 0 Å². The Morgan fingerprint density at radius 3 is 2.31 bits per heavy atom. The molecule has 1 saturated carbocycles. The van der Waals surface area contributed by atoms with E-state index in [-0.39, 0.29) is 41.5 Å². The van der Waals surface area contributed by atoms with Gasteiger partial charge in [0.15, 0.2) is 0 Å². The van der Waals surface area contributed by atoms with E-state index in [1.54, 1.807) is 4.90 Å². The van der Waals surface area contributed by atoms with Crippen LogP contribution in [0.3, 0.4) is 0 Å². The summed E-state index contributed by atoms with van der Waals surface area (Å²) in [5.74, 6) is 1.47. The van der Waals surface area contributed by atoms with Crippen molar-refractivity contribution in [2.75, 3.05) is 26.4 Å². The van der Waals surface area contributed by atoms with E-state index in [9.17, 15) is 9.59 Å². The van der Waals surface area contributed by atoms with Gasteiger partial charge in [-0.1, -0.05) is 46.4 Å². The van der Waals surface area contributed by atoms with Gasteiger partial charge in [-0.3, -0.25) is 9.59 Å². The van der Waals surface area contributed by atoms with Crippen LogP contribution in [0.5, 0.6) is 0 Å². The lowest BCUT2D eigenvalue weighted by Gasteiger charge is -2.42. The third-order valence-electron chi connectivity index (χ3n) is 6.20. The summed E-state index contributed by atoms with van der Waals surface area (Å²) in [4.78, 5) is 29.3. The molecule has 0 aliphatic heterocycles. The van der Waals surface area contributed by atoms with Crippen molar-refractivity contribution in [1.29, 1.82) is 0 Å². The summed E-state index contributed by atoms with van der Waals surface area (Å²) in [5, 5.41) is 8.44. The van der Waals surface area contributed by atoms with E-state index in [4.69, 9.17) is 4.42 Å². The first kappa shape index (κ1) is 28.9. The van der Waals surface area contributed by atoms with Gasteiger partial charge in [-0.15, -0.1) is 22.6 Å². The topological polar surface area (TPSA) is 79.5 Å². The molecule has 1 aromatic heterocycles. The van der Waals surface area contributed by atoms with Crippen molar-refractivity contribution in [3.05, 3.63) is 5.89 Å². The number of aromatic nitrogens is 2. The molecule has 2 rings (SSSR count). The van der Waals surface area contributed by atoms with Crippen molar-refractivity contribution in [2.24, 2.45) is 17.3 Å². The van der Waals surface area contributed by atoms with Gasteiger partial charge in [-0.25, -0.2) is 0 Å². The molecule has 1 unspecified atom stereocenters. The van der Waals surface area contributed by atoms with E-state index in [2.05, 4.69) is 49.7 Å². The SMILES string of the molecule is CC(C)CC(C(=O)c1nnc(SCCN(C)C)o1)N(C=O)C1CCC(C(C)(C)C)CC1.Cl. The molecule has 1 heterocycles. The van der Waals surface area contributed by atoms with Crippen LogP contribution >= 0.6 is 24.2 Å². The van der Waals surface area contributed by atoms with Crippen LogP contribution in [0.1, 0.15) is 77.4 Å². The monoisotopic (exact) mass is 488 g/mol. The molecule has 0 radical (unpaired) electrons. The van der Waals surface area contributed by atoms with Crippen LogP contribution in [-0.4, -0.2) is 70.7 Å². The minimum atomic E-state index is -0.561. The molecule has 32 heavy (non-hydrogen) atoms. The van der Waals surface area contributed by atoms with E-state index in [0.717, 1.165) is 44.4 Å². The van der Waals surface area contributed by atoms with Crippen molar-refractivity contribution in [1.82, 2.24) is 20.0 Å². The third-order valence-corrected chi connectivity index (χ3v) is 7.00. The van der Waals surface area contributed by atoms with Crippen molar-refractivity contribution in [3.8, 4) is 0 Å². The molecule has 0 spiro atoms. The predicted octanol–water partition coefficient (Wildman–Crippen LogP) is 4.81. The van der Waals surface area contributed by atoms with Crippen LogP contribution in [0.15, 0.2) is 9.64 Å². The fourth-order valence-electron chi connectivity index (χ4n) is 4.29. The lowest BCUT2D eigenvalue weighted by atomic mass is 9.71. The van der Waals surface area contributed by atoms with Gasteiger partial charge in [0.25, 0.3) is 11.1 Å². The summed E-state index contributed by atoms with van der Waals surface area (Å²) in [5.41, 5.74) is 0.272. The standard InChI is InChI=1S/C23H40N4O3S.ClH/c1-16(2)14-19(20(29)21-24-25-22(30-21)31-13-12-26(6)7)27(15-28)18-10-8-17(9-11-18)23(3,4)5;/h15-19H,8-14H2,1-7H3;1H. The summed E-state index contributed by atoms with van der Waals surface area (Å²) in [6.45, 7) is 11.9. The largest absolute Gasteiger partial charge is 0.408 e. The summed E-state index contributed by atoms with van der Waals surface area (Å²) in [7, 11) is 4.01. The van der Waals surface area contributed by atoms with Crippen LogP contribution in [0.2, 0.25) is 0 Å². The maximum Gasteiger partial charge on any atom is 0.286 e. The first-order valence-corrected chi connectivity index (χ1v) is 12.4. The molecular weight excluding hydrogens is 448 g/mol. The number of nitrogens with zero attached hydrogens (tertiary/aromatic N) is 4. The minimum absolute atomic E-state index is 0. The van der Waals surface area contributed by atoms with E-state index in [0.29, 0.717) is 17.6 Å². The molecule has 1 amide bonds. The van der Waals surface area contributed by atoms with Gasteiger partial charge in [0.1, 0.15) is 6.04 Å². The molecule has 7 nitrogen and oxygen atoms in total. The van der Waals surface area contributed by atoms with E-state index >= 15 is 0 Å². The number of halogens is 1. The number of hydrogen-bond acceptors (Lipinski definition) is 7. The molecule has 1 fully saturated rings. The van der Waals surface area contributed by atoms with Crippen molar-refractivity contribution < 1.29 is 14.0 Å². The van der Waals surface area contributed by atoms with E-state index in [1.165, 1.54) is 11.8 Å². The molecule has 0 N–H and O–H groups in total. The molecule has 1 aromatic rings. The number of rotatable bonds is 11. The average Bonchev–Trinajstić information content (AvgIpc) is 3.15. The number of carbonyl (C=O) groups is 2. The minimum Gasteiger partial charge on any atom is -0.408 e. The van der Waals surface area contributed by atoms with Crippen LogP contribution in [-0.2, 0) is 4.79 Å². The lowest BCUT2D eigenvalue weighted by Crippen LogP contribution is -2.49. The maximum atomic E-state index is 13.3. The number of ketones is 1. The second-order valence-corrected chi connectivity index (χ2v) is 11.5. The highest BCUT2D eigenvalue weighted by Crippen LogP contribution is 2.39. The molecule has 1 atom stereocenters. The van der Waals surface area contributed by atoms with Gasteiger partial charge >= 0.3 is 0 Å². The Morgan fingerprint density at radius 1 is 1.19 bits per heavy atom. The molecule has 9 heteroatoms. The van der Waals surface area contributed by atoms with Crippen LogP contribution < -0.4 is 0 Å². The van der Waals surface area contributed by atoms with Gasteiger partial charge in [-0.05, 0) is 63.5 Å². The molecule has 0 saturated heterocycles. The van der Waals surface area contributed by atoms with Gasteiger partial charge in [0, 0.05) is 18.3 Å². The number of hydrogen-bond donors (Lipinski definition) is 0. The Labute approximate surface area is 203 Å².